The molecular weight excluding hydrogens is 398 g/mol. The topological polar surface area (TPSA) is 34.0 Å². The van der Waals surface area contributed by atoms with Crippen LogP contribution in [0.25, 0.3) is 0 Å². The smallest absolute Gasteiger partial charge is 0.356 e. The molecule has 1 N–H and O–H groups in total. The Balaban J connectivity index is 1.86. The van der Waals surface area contributed by atoms with Gasteiger partial charge in [0.2, 0.25) is 0 Å². The minimum atomic E-state index is -4.70. The fourth-order valence-corrected chi connectivity index (χ4v) is 3.92. The summed E-state index contributed by atoms with van der Waals surface area (Å²) in [4.78, 5) is 12.5. The molecule has 9 heteroatoms. The molecule has 1 amide bonds. The molecule has 1 fully saturated rings. The van der Waals surface area contributed by atoms with Gasteiger partial charge >= 0.3 is 12.4 Å². The van der Waals surface area contributed by atoms with Crippen molar-refractivity contribution in [2.45, 2.75) is 44.0 Å². The number of halogens is 6. The van der Waals surface area contributed by atoms with E-state index < -0.39 is 41.2 Å². The first kappa shape index (κ1) is 21.3. The van der Waals surface area contributed by atoms with E-state index in [-0.39, 0.29) is 18.5 Å². The Morgan fingerprint density at radius 1 is 1.07 bits per heavy atom. The predicted octanol–water partition coefficient (Wildman–Crippen LogP) is 6.13. The summed E-state index contributed by atoms with van der Waals surface area (Å²) in [6, 6.07) is 6.35. The number of anilines is 1. The van der Waals surface area contributed by atoms with E-state index in [1.165, 1.54) is 13.1 Å². The molecule has 3 nitrogen and oxygen atoms in total. The fourth-order valence-electron chi connectivity index (χ4n) is 3.92. The minimum Gasteiger partial charge on any atom is -0.356 e. The second kappa shape index (κ2) is 7.76. The van der Waals surface area contributed by atoms with E-state index in [0.717, 1.165) is 17.0 Å². The van der Waals surface area contributed by atoms with Crippen LogP contribution in [0.1, 0.15) is 53.1 Å². The van der Waals surface area contributed by atoms with Crippen molar-refractivity contribution < 1.29 is 31.1 Å². The number of amides is 1. The lowest BCUT2D eigenvalue weighted by Gasteiger charge is -2.31. The van der Waals surface area contributed by atoms with E-state index in [4.69, 9.17) is 0 Å². The van der Waals surface area contributed by atoms with Crippen molar-refractivity contribution in [1.82, 2.24) is 4.57 Å². The molecule has 1 aliphatic rings. The maximum Gasteiger partial charge on any atom is 0.418 e. The average molecular weight is 418 g/mol. The van der Waals surface area contributed by atoms with E-state index in [1.807, 2.05) is 0 Å². The van der Waals surface area contributed by atoms with E-state index in [0.29, 0.717) is 18.4 Å². The molecule has 2 aromatic rings. The zero-order valence-electron chi connectivity index (χ0n) is 15.6. The van der Waals surface area contributed by atoms with Crippen molar-refractivity contribution in [2.24, 2.45) is 13.0 Å². The third-order valence-electron chi connectivity index (χ3n) is 5.29. The third kappa shape index (κ3) is 4.76. The van der Waals surface area contributed by atoms with E-state index in [2.05, 4.69) is 5.32 Å². The van der Waals surface area contributed by atoms with Crippen LogP contribution < -0.4 is 5.32 Å². The Kier molecular flexibility index (Phi) is 5.69. The molecule has 2 atom stereocenters. The second-order valence-electron chi connectivity index (χ2n) is 7.39. The molecule has 1 heterocycles. The van der Waals surface area contributed by atoms with E-state index >= 15 is 0 Å². The Labute approximate surface area is 163 Å². The molecule has 0 bridgehead atoms. The molecule has 0 aliphatic heterocycles. The molecule has 1 aromatic heterocycles. The van der Waals surface area contributed by atoms with Crippen LogP contribution in [-0.2, 0) is 13.2 Å². The molecule has 29 heavy (non-hydrogen) atoms. The molecule has 2 unspecified atom stereocenters. The van der Waals surface area contributed by atoms with Gasteiger partial charge in [-0.15, -0.1) is 0 Å². The standard InChI is InChI=1S/C20H20F6N2O/c1-28-10-15(16(11-28)20(24,25)26)18(29)27-17-8-3-2-7-14(17)12-5-4-6-13(9-12)19(21,22)23/h2-3,7-8,10-13H,4-6,9H2,1H3,(H,27,29). The summed E-state index contributed by atoms with van der Waals surface area (Å²) in [5.74, 6) is -2.80. The highest BCUT2D eigenvalue weighted by molar-refractivity contribution is 6.05. The number of benzene rings is 1. The fraction of sp³-hybridized carbons (Fsp3) is 0.450. The monoisotopic (exact) mass is 418 g/mol. The van der Waals surface area contributed by atoms with Crippen molar-refractivity contribution in [3.63, 3.8) is 0 Å². The van der Waals surface area contributed by atoms with Crippen molar-refractivity contribution in [3.05, 3.63) is 53.3 Å². The van der Waals surface area contributed by atoms with Gasteiger partial charge in [0, 0.05) is 25.1 Å². The molecule has 158 valence electrons. The molecule has 1 aromatic carbocycles. The zero-order chi connectivity index (χ0) is 21.4. The van der Waals surface area contributed by atoms with Crippen LogP contribution in [0.2, 0.25) is 0 Å². The van der Waals surface area contributed by atoms with Gasteiger partial charge in [0.15, 0.2) is 0 Å². The van der Waals surface area contributed by atoms with Gasteiger partial charge in [-0.2, -0.15) is 26.3 Å². The number of aromatic nitrogens is 1. The highest BCUT2D eigenvalue weighted by Crippen LogP contribution is 2.45. The Morgan fingerprint density at radius 3 is 2.41 bits per heavy atom. The van der Waals surface area contributed by atoms with Gasteiger partial charge in [-0.1, -0.05) is 24.6 Å². The largest absolute Gasteiger partial charge is 0.418 e. The highest BCUT2D eigenvalue weighted by Gasteiger charge is 2.43. The average Bonchev–Trinajstić information content (AvgIpc) is 3.04. The summed E-state index contributed by atoms with van der Waals surface area (Å²) in [6.45, 7) is 0. The normalized spacial score (nSPS) is 20.5. The van der Waals surface area contributed by atoms with Crippen LogP contribution in [0.15, 0.2) is 36.7 Å². The molecule has 0 radical (unpaired) electrons. The molecule has 1 aliphatic carbocycles. The van der Waals surface area contributed by atoms with Gasteiger partial charge in [-0.3, -0.25) is 4.79 Å². The number of rotatable bonds is 3. The highest BCUT2D eigenvalue weighted by atomic mass is 19.4. The van der Waals surface area contributed by atoms with Gasteiger partial charge in [-0.25, -0.2) is 0 Å². The summed E-state index contributed by atoms with van der Waals surface area (Å²) in [5.41, 5.74) is -0.849. The van der Waals surface area contributed by atoms with E-state index in [9.17, 15) is 31.1 Å². The summed E-state index contributed by atoms with van der Waals surface area (Å²) in [5, 5.41) is 2.47. The number of carbonyl (C=O) groups is 1. The van der Waals surface area contributed by atoms with Crippen LogP contribution in [0, 0.1) is 5.92 Å². The maximum absolute atomic E-state index is 13.2. The van der Waals surface area contributed by atoms with Gasteiger partial charge in [0.1, 0.15) is 0 Å². The van der Waals surface area contributed by atoms with E-state index in [1.54, 1.807) is 18.2 Å². The quantitative estimate of drug-likeness (QED) is 0.598. The minimum absolute atomic E-state index is 0.0630. The van der Waals surface area contributed by atoms with Crippen molar-refractivity contribution >= 4 is 11.6 Å². The first-order valence-electron chi connectivity index (χ1n) is 9.17. The van der Waals surface area contributed by atoms with Crippen LogP contribution >= 0.6 is 0 Å². The molecule has 3 rings (SSSR count). The number of nitrogens with zero attached hydrogens (tertiary/aromatic N) is 1. The van der Waals surface area contributed by atoms with Gasteiger partial charge in [0.05, 0.1) is 17.0 Å². The molecule has 1 saturated carbocycles. The molecular formula is C20H20F6N2O. The number of hydrogen-bond acceptors (Lipinski definition) is 1. The number of nitrogens with one attached hydrogen (secondary N) is 1. The number of aryl methyl sites for hydroxylation is 1. The van der Waals surface area contributed by atoms with Crippen LogP contribution in [0.5, 0.6) is 0 Å². The van der Waals surface area contributed by atoms with Crippen molar-refractivity contribution in [3.8, 4) is 0 Å². The van der Waals surface area contributed by atoms with Crippen molar-refractivity contribution in [2.75, 3.05) is 5.32 Å². The Bertz CT molecular complexity index is 884. The second-order valence-corrected chi connectivity index (χ2v) is 7.39. The lowest BCUT2D eigenvalue weighted by molar-refractivity contribution is -0.183. The first-order valence-corrected chi connectivity index (χ1v) is 9.17. The van der Waals surface area contributed by atoms with Crippen LogP contribution in [-0.4, -0.2) is 16.7 Å². The zero-order valence-corrected chi connectivity index (χ0v) is 15.6. The molecule has 0 saturated heterocycles. The Morgan fingerprint density at radius 2 is 1.76 bits per heavy atom. The Hall–Kier alpha value is -2.45. The van der Waals surface area contributed by atoms with Crippen LogP contribution in [0.4, 0.5) is 32.0 Å². The number of alkyl halides is 6. The lowest BCUT2D eigenvalue weighted by atomic mass is 9.77. The molecule has 0 spiro atoms. The van der Waals surface area contributed by atoms with Gasteiger partial charge < -0.3 is 9.88 Å². The summed E-state index contributed by atoms with van der Waals surface area (Å²) in [7, 11) is 1.37. The number of para-hydroxylation sites is 1. The summed E-state index contributed by atoms with van der Waals surface area (Å²) in [6.07, 6.45) is -6.22. The lowest BCUT2D eigenvalue weighted by Crippen LogP contribution is -2.28. The van der Waals surface area contributed by atoms with Gasteiger partial charge in [-0.05, 0) is 36.8 Å². The SMILES string of the molecule is Cn1cc(C(=O)Nc2ccccc2C2CCCC(C(F)(F)F)C2)c(C(F)(F)F)c1. The number of hydrogen-bond donors (Lipinski definition) is 1. The predicted molar refractivity (Wildman–Crippen MR) is 95.6 cm³/mol. The number of carbonyl (C=O) groups excluding carboxylic acids is 1. The van der Waals surface area contributed by atoms with Crippen LogP contribution in [0.3, 0.4) is 0 Å². The van der Waals surface area contributed by atoms with Crippen molar-refractivity contribution in [1.29, 1.82) is 0 Å². The summed E-state index contributed by atoms with van der Waals surface area (Å²) >= 11 is 0. The third-order valence-corrected chi connectivity index (χ3v) is 5.29. The first-order chi connectivity index (χ1) is 13.5. The summed E-state index contributed by atoms with van der Waals surface area (Å²) < 4.78 is 80.1. The van der Waals surface area contributed by atoms with Gasteiger partial charge in [0.25, 0.3) is 5.91 Å². The maximum atomic E-state index is 13.2.